The molecule has 29 heavy (non-hydrogen) atoms. The molecule has 0 fully saturated rings. The summed E-state index contributed by atoms with van der Waals surface area (Å²) < 4.78 is 18.8. The van der Waals surface area contributed by atoms with Crippen LogP contribution in [-0.4, -0.2) is 22.9 Å². The number of pyridine rings is 1. The van der Waals surface area contributed by atoms with Crippen LogP contribution in [-0.2, 0) is 0 Å². The molecule has 0 saturated carbocycles. The Morgan fingerprint density at radius 1 is 0.931 bits per heavy atom. The lowest BCUT2D eigenvalue weighted by atomic mass is 10.2. The first kappa shape index (κ1) is 20.0. The molecule has 7 heteroatoms. The van der Waals surface area contributed by atoms with E-state index in [0.717, 1.165) is 0 Å². The summed E-state index contributed by atoms with van der Waals surface area (Å²) in [6, 6.07) is 15.4. The number of ether oxygens (including phenoxy) is 1. The predicted molar refractivity (Wildman–Crippen MR) is 109 cm³/mol. The zero-order valence-corrected chi connectivity index (χ0v) is 16.0. The molecule has 2 amide bonds. The first-order valence-electron chi connectivity index (χ1n) is 9.02. The fourth-order valence-electron chi connectivity index (χ4n) is 2.55. The monoisotopic (exact) mass is 393 g/mol. The van der Waals surface area contributed by atoms with Gasteiger partial charge in [0, 0.05) is 23.1 Å². The highest BCUT2D eigenvalue weighted by Crippen LogP contribution is 2.18. The second-order valence-electron chi connectivity index (χ2n) is 6.54. The van der Waals surface area contributed by atoms with Gasteiger partial charge in [-0.15, -0.1) is 0 Å². The zero-order chi connectivity index (χ0) is 20.8. The lowest BCUT2D eigenvalue weighted by Crippen LogP contribution is -2.17. The number of halogens is 1. The van der Waals surface area contributed by atoms with E-state index in [2.05, 4.69) is 15.6 Å². The van der Waals surface area contributed by atoms with Crippen LogP contribution in [0.15, 0.2) is 66.9 Å². The van der Waals surface area contributed by atoms with Gasteiger partial charge in [-0.1, -0.05) is 6.07 Å². The van der Waals surface area contributed by atoms with Crippen molar-refractivity contribution in [1.29, 1.82) is 0 Å². The standard InChI is InChI=1S/C22H20FN3O3/c1-14(2)29-19-8-6-17(7-9-19)25-22(28)20-12-15(10-11-24-20)21(27)26-18-5-3-4-16(23)13-18/h3-14H,1-2H3,(H,25,28)(H,26,27). The van der Waals surface area contributed by atoms with Gasteiger partial charge in [-0.05, 0) is 68.4 Å². The van der Waals surface area contributed by atoms with Gasteiger partial charge in [-0.3, -0.25) is 14.6 Å². The number of rotatable bonds is 6. The quantitative estimate of drug-likeness (QED) is 0.646. The Labute approximate surface area is 167 Å². The summed E-state index contributed by atoms with van der Waals surface area (Å²) in [6.45, 7) is 3.86. The average molecular weight is 393 g/mol. The maximum Gasteiger partial charge on any atom is 0.274 e. The van der Waals surface area contributed by atoms with Crippen molar-refractivity contribution in [3.63, 3.8) is 0 Å². The van der Waals surface area contributed by atoms with Crippen molar-refractivity contribution in [3.8, 4) is 5.75 Å². The summed E-state index contributed by atoms with van der Waals surface area (Å²) in [4.78, 5) is 28.9. The van der Waals surface area contributed by atoms with Crippen molar-refractivity contribution < 1.29 is 18.7 Å². The summed E-state index contributed by atoms with van der Waals surface area (Å²) >= 11 is 0. The number of benzene rings is 2. The minimum absolute atomic E-state index is 0.0564. The minimum atomic E-state index is -0.470. The maximum absolute atomic E-state index is 13.3. The predicted octanol–water partition coefficient (Wildman–Crippen LogP) is 4.51. The van der Waals surface area contributed by atoms with Crippen molar-refractivity contribution in [2.24, 2.45) is 0 Å². The summed E-state index contributed by atoms with van der Waals surface area (Å²) in [7, 11) is 0. The largest absolute Gasteiger partial charge is 0.491 e. The highest BCUT2D eigenvalue weighted by atomic mass is 19.1. The SMILES string of the molecule is CC(C)Oc1ccc(NC(=O)c2cc(C(=O)Nc3cccc(F)c3)ccn2)cc1. The van der Waals surface area contributed by atoms with Gasteiger partial charge in [0.25, 0.3) is 11.8 Å². The molecule has 1 aromatic heterocycles. The number of carbonyl (C=O) groups excluding carboxylic acids is 2. The van der Waals surface area contributed by atoms with Gasteiger partial charge < -0.3 is 15.4 Å². The number of nitrogens with one attached hydrogen (secondary N) is 2. The number of hydrogen-bond donors (Lipinski definition) is 2. The Bertz CT molecular complexity index is 1020. The minimum Gasteiger partial charge on any atom is -0.491 e. The van der Waals surface area contributed by atoms with Crippen LogP contribution >= 0.6 is 0 Å². The Balaban J connectivity index is 1.68. The van der Waals surface area contributed by atoms with E-state index in [-0.39, 0.29) is 17.4 Å². The van der Waals surface area contributed by atoms with Crippen LogP contribution in [0.1, 0.15) is 34.7 Å². The van der Waals surface area contributed by atoms with Crippen LogP contribution in [0.4, 0.5) is 15.8 Å². The van der Waals surface area contributed by atoms with Crippen molar-refractivity contribution in [2.75, 3.05) is 10.6 Å². The smallest absolute Gasteiger partial charge is 0.274 e. The molecule has 3 aromatic rings. The van der Waals surface area contributed by atoms with Crippen LogP contribution in [0, 0.1) is 5.82 Å². The van der Waals surface area contributed by atoms with E-state index in [1.54, 1.807) is 30.3 Å². The molecule has 1 heterocycles. The number of aromatic nitrogens is 1. The van der Waals surface area contributed by atoms with Gasteiger partial charge in [0.15, 0.2) is 0 Å². The van der Waals surface area contributed by atoms with E-state index >= 15 is 0 Å². The number of nitrogens with zero attached hydrogens (tertiary/aromatic N) is 1. The molecule has 0 atom stereocenters. The zero-order valence-electron chi connectivity index (χ0n) is 16.0. The highest BCUT2D eigenvalue weighted by Gasteiger charge is 2.13. The molecule has 0 bridgehead atoms. The van der Waals surface area contributed by atoms with E-state index < -0.39 is 17.6 Å². The van der Waals surface area contributed by atoms with E-state index in [0.29, 0.717) is 17.1 Å². The van der Waals surface area contributed by atoms with Crippen molar-refractivity contribution in [3.05, 3.63) is 83.9 Å². The van der Waals surface area contributed by atoms with Crippen LogP contribution in [0.3, 0.4) is 0 Å². The van der Waals surface area contributed by atoms with Crippen LogP contribution in [0.25, 0.3) is 0 Å². The topological polar surface area (TPSA) is 80.3 Å². The summed E-state index contributed by atoms with van der Waals surface area (Å²) in [6.07, 6.45) is 1.43. The third kappa shape index (κ3) is 5.62. The Kier molecular flexibility index (Phi) is 6.19. The van der Waals surface area contributed by atoms with Gasteiger partial charge in [-0.2, -0.15) is 0 Å². The molecule has 0 aliphatic rings. The number of amides is 2. The Morgan fingerprint density at radius 3 is 2.34 bits per heavy atom. The van der Waals surface area contributed by atoms with Gasteiger partial charge in [0.2, 0.25) is 0 Å². The third-order valence-corrected chi connectivity index (χ3v) is 3.82. The van der Waals surface area contributed by atoms with Gasteiger partial charge in [0.1, 0.15) is 17.3 Å². The molecule has 2 aromatic carbocycles. The highest BCUT2D eigenvalue weighted by molar-refractivity contribution is 6.07. The average Bonchev–Trinajstić information content (AvgIpc) is 2.69. The van der Waals surface area contributed by atoms with E-state index in [1.165, 1.54) is 36.5 Å². The first-order valence-corrected chi connectivity index (χ1v) is 9.02. The molecule has 0 aliphatic carbocycles. The fourth-order valence-corrected chi connectivity index (χ4v) is 2.55. The molecular weight excluding hydrogens is 373 g/mol. The van der Waals surface area contributed by atoms with E-state index in [1.807, 2.05) is 13.8 Å². The Hall–Kier alpha value is -3.74. The molecule has 0 aliphatic heterocycles. The van der Waals surface area contributed by atoms with Gasteiger partial charge >= 0.3 is 0 Å². The van der Waals surface area contributed by atoms with Crippen molar-refractivity contribution in [2.45, 2.75) is 20.0 Å². The van der Waals surface area contributed by atoms with Crippen molar-refractivity contribution in [1.82, 2.24) is 4.98 Å². The van der Waals surface area contributed by atoms with Crippen LogP contribution in [0.2, 0.25) is 0 Å². The molecule has 6 nitrogen and oxygen atoms in total. The third-order valence-electron chi connectivity index (χ3n) is 3.82. The molecule has 0 unspecified atom stereocenters. The number of anilines is 2. The van der Waals surface area contributed by atoms with Crippen LogP contribution < -0.4 is 15.4 Å². The molecular formula is C22H20FN3O3. The van der Waals surface area contributed by atoms with Crippen LogP contribution in [0.5, 0.6) is 5.75 Å². The lowest BCUT2D eigenvalue weighted by molar-refractivity contribution is 0.102. The molecule has 0 spiro atoms. The summed E-state index contributed by atoms with van der Waals surface area (Å²) in [5.74, 6) is -0.681. The lowest BCUT2D eigenvalue weighted by Gasteiger charge is -2.11. The van der Waals surface area contributed by atoms with Gasteiger partial charge in [-0.25, -0.2) is 4.39 Å². The van der Waals surface area contributed by atoms with E-state index in [9.17, 15) is 14.0 Å². The molecule has 0 radical (unpaired) electrons. The molecule has 3 rings (SSSR count). The van der Waals surface area contributed by atoms with Crippen molar-refractivity contribution >= 4 is 23.2 Å². The second kappa shape index (κ2) is 8.97. The Morgan fingerprint density at radius 2 is 1.66 bits per heavy atom. The van der Waals surface area contributed by atoms with Gasteiger partial charge in [0.05, 0.1) is 6.10 Å². The molecule has 2 N–H and O–H groups in total. The summed E-state index contributed by atoms with van der Waals surface area (Å²) in [5.41, 5.74) is 1.21. The van der Waals surface area contributed by atoms with E-state index in [4.69, 9.17) is 4.74 Å². The maximum atomic E-state index is 13.3. The molecule has 148 valence electrons. The fraction of sp³-hybridized carbons (Fsp3) is 0.136. The first-order chi connectivity index (χ1) is 13.9. The number of hydrogen-bond acceptors (Lipinski definition) is 4. The normalized spacial score (nSPS) is 10.5. The molecule has 0 saturated heterocycles. The second-order valence-corrected chi connectivity index (χ2v) is 6.54. The number of carbonyl (C=O) groups is 2. The summed E-state index contributed by atoms with van der Waals surface area (Å²) in [5, 5.41) is 5.31.